The molecule has 16 heavy (non-hydrogen) atoms. The number of hydrogen-bond donors (Lipinski definition) is 0. The van der Waals surface area contributed by atoms with Crippen molar-refractivity contribution in [3.05, 3.63) is 16.5 Å². The number of rotatable bonds is 4. The summed E-state index contributed by atoms with van der Waals surface area (Å²) in [5, 5.41) is 0.439. The molecule has 0 bridgehead atoms. The zero-order valence-corrected chi connectivity index (χ0v) is 10.5. The van der Waals surface area contributed by atoms with Crippen LogP contribution in [0.5, 0.6) is 5.88 Å². The fraction of sp³-hybridized carbons (Fsp3) is 0.500. The van der Waals surface area contributed by atoms with Crippen LogP contribution in [0.25, 0.3) is 0 Å². The lowest BCUT2D eigenvalue weighted by Crippen LogP contribution is -2.06. The maximum absolute atomic E-state index is 6.00. The molecule has 3 nitrogen and oxygen atoms in total. The summed E-state index contributed by atoms with van der Waals surface area (Å²) in [5.74, 6) is 3.94. The third-order valence-corrected chi connectivity index (χ3v) is 2.43. The van der Waals surface area contributed by atoms with E-state index in [0.717, 1.165) is 5.56 Å². The Kier molecular flexibility index (Phi) is 4.57. The number of halogens is 1. The van der Waals surface area contributed by atoms with E-state index in [2.05, 4.69) is 15.9 Å². The van der Waals surface area contributed by atoms with E-state index in [1.165, 1.54) is 0 Å². The van der Waals surface area contributed by atoms with Crippen LogP contribution < -0.4 is 4.74 Å². The van der Waals surface area contributed by atoms with E-state index < -0.39 is 0 Å². The Labute approximate surface area is 101 Å². The molecule has 1 heterocycles. The lowest BCUT2D eigenvalue weighted by molar-refractivity contribution is 0.309. The van der Waals surface area contributed by atoms with Gasteiger partial charge in [-0.15, -0.1) is 12.3 Å². The molecule has 4 heteroatoms. The van der Waals surface area contributed by atoms with Crippen molar-refractivity contribution < 1.29 is 4.74 Å². The van der Waals surface area contributed by atoms with Gasteiger partial charge in [-0.2, -0.15) is 4.98 Å². The molecular weight excluding hydrogens is 224 g/mol. The summed E-state index contributed by atoms with van der Waals surface area (Å²) in [6.07, 6.45) is 5.70. The minimum absolute atomic E-state index is 0.216. The molecule has 0 unspecified atom stereocenters. The van der Waals surface area contributed by atoms with Gasteiger partial charge in [0.15, 0.2) is 0 Å². The summed E-state index contributed by atoms with van der Waals surface area (Å²) in [6.45, 7) is 6.29. The van der Waals surface area contributed by atoms with E-state index >= 15 is 0 Å². The van der Waals surface area contributed by atoms with E-state index in [4.69, 9.17) is 22.8 Å². The quantitative estimate of drug-likeness (QED) is 0.460. The highest BCUT2D eigenvalue weighted by Gasteiger charge is 2.12. The van der Waals surface area contributed by atoms with Crippen molar-refractivity contribution in [3.8, 4) is 18.2 Å². The fourth-order valence-electron chi connectivity index (χ4n) is 1.09. The standard InChI is InChI=1S/C12H15ClN2O/c1-5-6-7-16-12-9(4)10(13)14-11(15-12)8(2)3/h1,8H,6-7H2,2-4H3. The molecule has 0 amide bonds. The van der Waals surface area contributed by atoms with Gasteiger partial charge in [0.05, 0.1) is 0 Å². The molecule has 0 aliphatic heterocycles. The van der Waals surface area contributed by atoms with Gasteiger partial charge in [-0.3, -0.25) is 0 Å². The van der Waals surface area contributed by atoms with E-state index in [1.807, 2.05) is 20.8 Å². The van der Waals surface area contributed by atoms with E-state index in [9.17, 15) is 0 Å². The Balaban J connectivity index is 2.94. The van der Waals surface area contributed by atoms with Gasteiger partial charge in [0.25, 0.3) is 0 Å². The second-order valence-electron chi connectivity index (χ2n) is 3.76. The number of hydrogen-bond acceptors (Lipinski definition) is 3. The number of ether oxygens (including phenoxy) is 1. The highest BCUT2D eigenvalue weighted by molar-refractivity contribution is 6.30. The van der Waals surface area contributed by atoms with Gasteiger partial charge in [0.2, 0.25) is 5.88 Å². The van der Waals surface area contributed by atoms with Gasteiger partial charge >= 0.3 is 0 Å². The maximum atomic E-state index is 6.00. The summed E-state index contributed by atoms with van der Waals surface area (Å²) in [7, 11) is 0. The largest absolute Gasteiger partial charge is 0.476 e. The second kappa shape index (κ2) is 5.72. The predicted octanol–water partition coefficient (Wildman–Crippen LogP) is 2.96. The van der Waals surface area contributed by atoms with Crippen molar-refractivity contribution >= 4 is 11.6 Å². The molecule has 86 valence electrons. The lowest BCUT2D eigenvalue weighted by atomic mass is 10.2. The minimum atomic E-state index is 0.216. The Morgan fingerprint density at radius 3 is 2.69 bits per heavy atom. The number of nitrogens with zero attached hydrogens (tertiary/aromatic N) is 2. The SMILES string of the molecule is C#CCCOc1nc(C(C)C)nc(Cl)c1C. The van der Waals surface area contributed by atoms with Crippen molar-refractivity contribution in [2.24, 2.45) is 0 Å². The molecule has 0 aliphatic rings. The van der Waals surface area contributed by atoms with Crippen LogP contribution in [0.4, 0.5) is 0 Å². The Morgan fingerprint density at radius 1 is 1.44 bits per heavy atom. The van der Waals surface area contributed by atoms with Crippen molar-refractivity contribution in [1.82, 2.24) is 9.97 Å². The summed E-state index contributed by atoms with van der Waals surface area (Å²) in [4.78, 5) is 8.51. The van der Waals surface area contributed by atoms with Crippen molar-refractivity contribution in [2.75, 3.05) is 6.61 Å². The van der Waals surface area contributed by atoms with Crippen molar-refractivity contribution in [2.45, 2.75) is 33.1 Å². The van der Waals surface area contributed by atoms with Crippen molar-refractivity contribution in [1.29, 1.82) is 0 Å². The van der Waals surface area contributed by atoms with Gasteiger partial charge < -0.3 is 4.74 Å². The summed E-state index contributed by atoms with van der Waals surface area (Å²) in [5.41, 5.74) is 0.753. The normalized spacial score (nSPS) is 10.2. The first-order valence-corrected chi connectivity index (χ1v) is 5.54. The maximum Gasteiger partial charge on any atom is 0.221 e. The monoisotopic (exact) mass is 238 g/mol. The molecule has 0 aromatic carbocycles. The number of aromatic nitrogens is 2. The third-order valence-electron chi connectivity index (χ3n) is 2.06. The first-order valence-electron chi connectivity index (χ1n) is 5.16. The summed E-state index contributed by atoms with van der Waals surface area (Å²) >= 11 is 6.00. The molecule has 1 rings (SSSR count). The molecule has 0 saturated carbocycles. The van der Waals surface area contributed by atoms with Crippen LogP contribution in [-0.2, 0) is 0 Å². The van der Waals surface area contributed by atoms with E-state index in [1.54, 1.807) is 0 Å². The highest BCUT2D eigenvalue weighted by atomic mass is 35.5. The predicted molar refractivity (Wildman–Crippen MR) is 64.8 cm³/mol. The molecular formula is C12H15ClN2O. The molecule has 0 aliphatic carbocycles. The summed E-state index contributed by atoms with van der Waals surface area (Å²) in [6, 6.07) is 0. The molecule has 0 spiro atoms. The van der Waals surface area contributed by atoms with Crippen LogP contribution in [0.15, 0.2) is 0 Å². The Hall–Kier alpha value is -1.27. The lowest BCUT2D eigenvalue weighted by Gasteiger charge is -2.11. The Bertz CT molecular complexity index is 410. The fourth-order valence-corrected chi connectivity index (χ4v) is 1.26. The van der Waals surface area contributed by atoms with Gasteiger partial charge in [0.1, 0.15) is 17.6 Å². The zero-order chi connectivity index (χ0) is 12.1. The smallest absolute Gasteiger partial charge is 0.221 e. The van der Waals surface area contributed by atoms with Crippen molar-refractivity contribution in [3.63, 3.8) is 0 Å². The topological polar surface area (TPSA) is 35.0 Å². The molecule has 0 atom stereocenters. The van der Waals surface area contributed by atoms with Gasteiger partial charge in [-0.05, 0) is 6.92 Å². The average molecular weight is 239 g/mol. The van der Waals surface area contributed by atoms with E-state index in [-0.39, 0.29) is 5.92 Å². The molecule has 0 N–H and O–H groups in total. The zero-order valence-electron chi connectivity index (χ0n) is 9.75. The first-order chi connectivity index (χ1) is 7.56. The first kappa shape index (κ1) is 12.8. The van der Waals surface area contributed by atoms with Crippen LogP contribution in [-0.4, -0.2) is 16.6 Å². The molecule has 0 radical (unpaired) electrons. The van der Waals surface area contributed by atoms with Gasteiger partial charge in [-0.1, -0.05) is 25.4 Å². The van der Waals surface area contributed by atoms with Gasteiger partial charge in [-0.25, -0.2) is 4.98 Å². The van der Waals surface area contributed by atoms with Crippen LogP contribution in [0.2, 0.25) is 5.15 Å². The number of terminal acetylenes is 1. The van der Waals surface area contributed by atoms with Crippen LogP contribution in [0, 0.1) is 19.3 Å². The molecule has 0 fully saturated rings. The Morgan fingerprint density at radius 2 is 2.12 bits per heavy atom. The molecule has 1 aromatic heterocycles. The minimum Gasteiger partial charge on any atom is -0.476 e. The van der Waals surface area contributed by atoms with Crippen LogP contribution in [0.1, 0.15) is 37.6 Å². The van der Waals surface area contributed by atoms with Gasteiger partial charge in [0, 0.05) is 17.9 Å². The van der Waals surface area contributed by atoms with E-state index in [0.29, 0.717) is 29.9 Å². The summed E-state index contributed by atoms with van der Waals surface area (Å²) < 4.78 is 5.47. The molecule has 1 aromatic rings. The van der Waals surface area contributed by atoms with Crippen LogP contribution in [0.3, 0.4) is 0 Å². The third kappa shape index (κ3) is 3.11. The van der Waals surface area contributed by atoms with Crippen LogP contribution >= 0.6 is 11.6 Å². The second-order valence-corrected chi connectivity index (χ2v) is 4.12. The molecule has 0 saturated heterocycles. The average Bonchev–Trinajstić information content (AvgIpc) is 2.24. The highest BCUT2D eigenvalue weighted by Crippen LogP contribution is 2.24.